The Bertz CT molecular complexity index is 400. The van der Waals surface area contributed by atoms with E-state index in [-0.39, 0.29) is 0 Å². The van der Waals surface area contributed by atoms with E-state index in [9.17, 15) is 0 Å². The molecule has 1 rings (SSSR count). The van der Waals surface area contributed by atoms with Crippen LogP contribution in [0, 0.1) is 0 Å². The van der Waals surface area contributed by atoms with Gasteiger partial charge in [-0.1, -0.05) is 18.5 Å². The summed E-state index contributed by atoms with van der Waals surface area (Å²) in [6.45, 7) is 5.42. The Kier molecular flexibility index (Phi) is 8.42. The highest BCUT2D eigenvalue weighted by Gasteiger charge is 2.10. The first-order valence-corrected chi connectivity index (χ1v) is 7.45. The van der Waals surface area contributed by atoms with E-state index in [1.54, 1.807) is 7.11 Å². The molecule has 0 saturated carbocycles. The number of hydrogen-bond donors (Lipinski definition) is 2. The molecule has 0 saturated heterocycles. The highest BCUT2D eigenvalue weighted by Crippen LogP contribution is 2.33. The van der Waals surface area contributed by atoms with E-state index in [2.05, 4.69) is 17.6 Å². The van der Waals surface area contributed by atoms with Crippen molar-refractivity contribution in [1.82, 2.24) is 10.6 Å². The van der Waals surface area contributed by atoms with Crippen molar-refractivity contribution in [3.05, 3.63) is 22.7 Å². The summed E-state index contributed by atoms with van der Waals surface area (Å²) in [6.07, 6.45) is 2.04. The van der Waals surface area contributed by atoms with Gasteiger partial charge in [0.15, 0.2) is 11.5 Å². The van der Waals surface area contributed by atoms with Crippen molar-refractivity contribution in [2.45, 2.75) is 26.3 Å². The molecule has 0 amide bonds. The third kappa shape index (κ3) is 5.57. The maximum atomic E-state index is 6.29. The predicted molar refractivity (Wildman–Crippen MR) is 84.0 cm³/mol. The molecule has 0 heterocycles. The number of hydrogen-bond acceptors (Lipinski definition) is 4. The molecule has 2 N–H and O–H groups in total. The average molecular weight is 301 g/mol. The van der Waals surface area contributed by atoms with Crippen LogP contribution < -0.4 is 20.1 Å². The monoisotopic (exact) mass is 300 g/mol. The fourth-order valence-electron chi connectivity index (χ4n) is 1.81. The van der Waals surface area contributed by atoms with E-state index in [0.717, 1.165) is 43.8 Å². The second-order valence-corrected chi connectivity index (χ2v) is 4.98. The number of ether oxygens (including phenoxy) is 2. The fraction of sp³-hybridized carbons (Fsp3) is 0.600. The molecule has 0 aliphatic heterocycles. The van der Waals surface area contributed by atoms with Gasteiger partial charge in [0.1, 0.15) is 0 Å². The first-order chi connectivity index (χ1) is 9.72. The van der Waals surface area contributed by atoms with Crippen molar-refractivity contribution in [1.29, 1.82) is 0 Å². The van der Waals surface area contributed by atoms with Gasteiger partial charge in [0.05, 0.1) is 13.7 Å². The summed E-state index contributed by atoms with van der Waals surface area (Å²) in [4.78, 5) is 0. The van der Waals surface area contributed by atoms with Crippen molar-refractivity contribution >= 4 is 11.6 Å². The van der Waals surface area contributed by atoms with Crippen LogP contribution in [0.25, 0.3) is 0 Å². The van der Waals surface area contributed by atoms with Gasteiger partial charge in [-0.3, -0.25) is 0 Å². The lowest BCUT2D eigenvalue weighted by molar-refractivity contribution is 0.294. The Morgan fingerprint density at radius 1 is 1.20 bits per heavy atom. The molecule has 5 heteroatoms. The van der Waals surface area contributed by atoms with E-state index in [4.69, 9.17) is 21.1 Å². The second-order valence-electron chi connectivity index (χ2n) is 4.58. The molecule has 0 atom stereocenters. The van der Waals surface area contributed by atoms with Crippen molar-refractivity contribution < 1.29 is 9.47 Å². The third-order valence-corrected chi connectivity index (χ3v) is 3.24. The predicted octanol–water partition coefficient (Wildman–Crippen LogP) is 2.84. The van der Waals surface area contributed by atoms with E-state index in [1.165, 1.54) is 0 Å². The largest absolute Gasteiger partial charge is 0.493 e. The molecule has 0 bridgehead atoms. The lowest BCUT2D eigenvalue weighted by Gasteiger charge is -2.14. The number of benzene rings is 1. The van der Waals surface area contributed by atoms with Crippen LogP contribution in [-0.4, -0.2) is 33.9 Å². The molecule has 0 unspecified atom stereocenters. The Morgan fingerprint density at radius 2 is 2.00 bits per heavy atom. The van der Waals surface area contributed by atoms with E-state index < -0.39 is 0 Å². The van der Waals surface area contributed by atoms with Gasteiger partial charge in [-0.2, -0.15) is 0 Å². The summed E-state index contributed by atoms with van der Waals surface area (Å²) < 4.78 is 11.0. The minimum Gasteiger partial charge on any atom is -0.493 e. The van der Waals surface area contributed by atoms with Crippen molar-refractivity contribution in [2.24, 2.45) is 0 Å². The minimum absolute atomic E-state index is 0.661. The zero-order valence-electron chi connectivity index (χ0n) is 12.6. The number of rotatable bonds is 10. The topological polar surface area (TPSA) is 42.5 Å². The molecular formula is C15H25ClN2O2. The first kappa shape index (κ1) is 17.1. The second kappa shape index (κ2) is 9.86. The van der Waals surface area contributed by atoms with Crippen molar-refractivity contribution in [3.63, 3.8) is 0 Å². The molecule has 0 radical (unpaired) electrons. The van der Waals surface area contributed by atoms with Crippen LogP contribution in [0.15, 0.2) is 12.1 Å². The van der Waals surface area contributed by atoms with Gasteiger partial charge in [-0.15, -0.1) is 0 Å². The van der Waals surface area contributed by atoms with E-state index in [1.807, 2.05) is 19.2 Å². The maximum Gasteiger partial charge on any atom is 0.162 e. The van der Waals surface area contributed by atoms with Crippen molar-refractivity contribution in [3.8, 4) is 11.5 Å². The summed E-state index contributed by atoms with van der Waals surface area (Å²) >= 11 is 6.29. The lowest BCUT2D eigenvalue weighted by atomic mass is 10.2. The third-order valence-electron chi connectivity index (χ3n) is 2.89. The van der Waals surface area contributed by atoms with Crippen LogP contribution in [0.1, 0.15) is 25.3 Å². The Balaban J connectivity index is 2.62. The summed E-state index contributed by atoms with van der Waals surface area (Å²) in [6, 6.07) is 3.78. The van der Waals surface area contributed by atoms with E-state index >= 15 is 0 Å². The van der Waals surface area contributed by atoms with Gasteiger partial charge in [0, 0.05) is 17.6 Å². The summed E-state index contributed by atoms with van der Waals surface area (Å²) in [7, 11) is 3.60. The van der Waals surface area contributed by atoms with Gasteiger partial charge >= 0.3 is 0 Å². The average Bonchev–Trinajstić information content (AvgIpc) is 2.46. The Hall–Kier alpha value is -0.970. The van der Waals surface area contributed by atoms with Gasteiger partial charge in [-0.05, 0) is 44.6 Å². The number of halogens is 1. The quantitative estimate of drug-likeness (QED) is 0.652. The summed E-state index contributed by atoms with van der Waals surface area (Å²) in [5, 5.41) is 7.20. The lowest BCUT2D eigenvalue weighted by Crippen LogP contribution is -2.19. The molecule has 0 spiro atoms. The standard InChI is InChI=1S/C15H25ClN2O2/c1-4-8-20-15-10-13(16)12(9-14(15)19-3)11-18-7-5-6-17-2/h9-10,17-18H,4-8,11H2,1-3H3. The van der Waals surface area contributed by atoms with Gasteiger partial charge < -0.3 is 20.1 Å². The van der Waals surface area contributed by atoms with E-state index in [0.29, 0.717) is 17.4 Å². The molecule has 0 aliphatic carbocycles. The van der Waals surface area contributed by atoms with Crippen LogP contribution in [0.5, 0.6) is 11.5 Å². The molecule has 4 nitrogen and oxygen atoms in total. The molecule has 1 aromatic carbocycles. The zero-order chi connectivity index (χ0) is 14.8. The maximum absolute atomic E-state index is 6.29. The molecule has 0 aromatic heterocycles. The van der Waals surface area contributed by atoms with Crippen LogP contribution in [0.4, 0.5) is 0 Å². The highest BCUT2D eigenvalue weighted by molar-refractivity contribution is 6.31. The van der Waals surface area contributed by atoms with Crippen LogP contribution in [0.3, 0.4) is 0 Å². The van der Waals surface area contributed by atoms with Gasteiger partial charge in [-0.25, -0.2) is 0 Å². The molecule has 20 heavy (non-hydrogen) atoms. The van der Waals surface area contributed by atoms with Gasteiger partial charge in [0.25, 0.3) is 0 Å². The Labute approximate surface area is 126 Å². The highest BCUT2D eigenvalue weighted by atomic mass is 35.5. The molecule has 114 valence electrons. The van der Waals surface area contributed by atoms with Crippen LogP contribution >= 0.6 is 11.6 Å². The van der Waals surface area contributed by atoms with Gasteiger partial charge in [0.2, 0.25) is 0 Å². The SMILES string of the molecule is CCCOc1cc(Cl)c(CNCCCNC)cc1OC. The number of nitrogens with one attached hydrogen (secondary N) is 2. The Morgan fingerprint density at radius 3 is 2.65 bits per heavy atom. The summed E-state index contributed by atoms with van der Waals surface area (Å²) in [5.74, 6) is 1.44. The smallest absolute Gasteiger partial charge is 0.162 e. The fourth-order valence-corrected chi connectivity index (χ4v) is 2.03. The molecular weight excluding hydrogens is 276 g/mol. The van der Waals surface area contributed by atoms with Crippen LogP contribution in [0.2, 0.25) is 5.02 Å². The molecule has 0 fully saturated rings. The first-order valence-electron chi connectivity index (χ1n) is 7.07. The van der Waals surface area contributed by atoms with Crippen molar-refractivity contribution in [2.75, 3.05) is 33.9 Å². The zero-order valence-corrected chi connectivity index (χ0v) is 13.3. The molecule has 1 aromatic rings. The number of methoxy groups -OCH3 is 1. The minimum atomic E-state index is 0.661. The van der Waals surface area contributed by atoms with Crippen LogP contribution in [-0.2, 0) is 6.54 Å². The molecule has 0 aliphatic rings. The normalized spacial score (nSPS) is 10.6. The summed E-state index contributed by atoms with van der Waals surface area (Å²) in [5.41, 5.74) is 1.02.